The third-order valence-corrected chi connectivity index (χ3v) is 3.82. The molecule has 0 radical (unpaired) electrons. The Hall–Kier alpha value is -0.460. The second-order valence-electron chi connectivity index (χ2n) is 5.02. The highest BCUT2D eigenvalue weighted by atomic mass is 16.5. The minimum Gasteiger partial charge on any atom is -0.495 e. The number of hydrogen-bond donors (Lipinski definition) is 0. The van der Waals surface area contributed by atoms with E-state index >= 15 is 0 Å². The van der Waals surface area contributed by atoms with Gasteiger partial charge < -0.3 is 4.74 Å². The highest BCUT2D eigenvalue weighted by Crippen LogP contribution is 2.52. The molecule has 0 amide bonds. The Morgan fingerprint density at radius 3 is 2.54 bits per heavy atom. The van der Waals surface area contributed by atoms with Crippen LogP contribution in [0.1, 0.15) is 46.0 Å². The molecule has 0 N–H and O–H groups in total. The van der Waals surface area contributed by atoms with Gasteiger partial charge in [-0.1, -0.05) is 13.5 Å². The van der Waals surface area contributed by atoms with E-state index < -0.39 is 0 Å². The third-order valence-electron chi connectivity index (χ3n) is 3.82. The summed E-state index contributed by atoms with van der Waals surface area (Å²) >= 11 is 0. The van der Waals surface area contributed by atoms with Gasteiger partial charge in [0.15, 0.2) is 0 Å². The van der Waals surface area contributed by atoms with Crippen molar-refractivity contribution in [2.45, 2.75) is 52.1 Å². The van der Waals surface area contributed by atoms with Crippen molar-refractivity contribution in [3.8, 4) is 0 Å². The molecular weight excluding hydrogens is 160 g/mol. The Kier molecular flexibility index (Phi) is 2.13. The summed E-state index contributed by atoms with van der Waals surface area (Å²) in [6.07, 6.45) is 6.88. The van der Waals surface area contributed by atoms with Crippen molar-refractivity contribution in [1.82, 2.24) is 0 Å². The van der Waals surface area contributed by atoms with Gasteiger partial charge in [0.25, 0.3) is 0 Å². The van der Waals surface area contributed by atoms with E-state index in [1.165, 1.54) is 32.1 Å². The lowest BCUT2D eigenvalue weighted by atomic mass is 9.77. The van der Waals surface area contributed by atoms with Crippen LogP contribution in [0.2, 0.25) is 0 Å². The maximum absolute atomic E-state index is 5.78. The zero-order valence-electron chi connectivity index (χ0n) is 8.81. The summed E-state index contributed by atoms with van der Waals surface area (Å²) in [5, 5.41) is 0. The summed E-state index contributed by atoms with van der Waals surface area (Å²) in [7, 11) is 0. The SMILES string of the molecule is C=C1OC(C)CCC12CCC(C)C2. The Labute approximate surface area is 81.2 Å². The van der Waals surface area contributed by atoms with Crippen molar-refractivity contribution in [3.63, 3.8) is 0 Å². The minimum absolute atomic E-state index is 0.367. The molecule has 1 aliphatic heterocycles. The predicted octanol–water partition coefficient (Wildman–Crippen LogP) is 3.51. The first-order valence-corrected chi connectivity index (χ1v) is 5.48. The van der Waals surface area contributed by atoms with Gasteiger partial charge in [-0.15, -0.1) is 0 Å². The first kappa shape index (κ1) is 9.11. The maximum atomic E-state index is 5.78. The Morgan fingerprint density at radius 1 is 1.31 bits per heavy atom. The molecular formula is C12H20O. The number of rotatable bonds is 0. The Morgan fingerprint density at radius 2 is 2.00 bits per heavy atom. The molecule has 1 aliphatic carbocycles. The van der Waals surface area contributed by atoms with Crippen LogP contribution in [0.25, 0.3) is 0 Å². The van der Waals surface area contributed by atoms with Gasteiger partial charge in [-0.2, -0.15) is 0 Å². The van der Waals surface area contributed by atoms with Crippen molar-refractivity contribution >= 4 is 0 Å². The van der Waals surface area contributed by atoms with E-state index in [4.69, 9.17) is 4.74 Å². The van der Waals surface area contributed by atoms with Crippen molar-refractivity contribution < 1.29 is 4.74 Å². The Balaban J connectivity index is 2.10. The van der Waals surface area contributed by atoms with Gasteiger partial charge in [-0.05, 0) is 44.9 Å². The van der Waals surface area contributed by atoms with E-state index in [9.17, 15) is 0 Å². The van der Waals surface area contributed by atoms with Crippen LogP contribution in [-0.4, -0.2) is 6.10 Å². The van der Waals surface area contributed by atoms with E-state index in [1.807, 2.05) is 0 Å². The van der Waals surface area contributed by atoms with Gasteiger partial charge in [0.05, 0.1) is 11.9 Å². The molecule has 1 heteroatoms. The second-order valence-corrected chi connectivity index (χ2v) is 5.02. The van der Waals surface area contributed by atoms with Gasteiger partial charge in [-0.3, -0.25) is 0 Å². The van der Waals surface area contributed by atoms with Gasteiger partial charge in [-0.25, -0.2) is 0 Å². The van der Waals surface area contributed by atoms with Crippen molar-refractivity contribution in [2.24, 2.45) is 11.3 Å². The van der Waals surface area contributed by atoms with E-state index in [1.54, 1.807) is 0 Å². The summed E-state index contributed by atoms with van der Waals surface area (Å²) in [6.45, 7) is 8.61. The molecule has 1 spiro atoms. The van der Waals surface area contributed by atoms with Crippen LogP contribution in [0, 0.1) is 11.3 Å². The van der Waals surface area contributed by atoms with Crippen LogP contribution in [-0.2, 0) is 4.74 Å². The maximum Gasteiger partial charge on any atom is 0.0954 e. The molecule has 0 aromatic heterocycles. The average molecular weight is 180 g/mol. The van der Waals surface area contributed by atoms with Gasteiger partial charge >= 0.3 is 0 Å². The lowest BCUT2D eigenvalue weighted by molar-refractivity contribution is 0.0141. The topological polar surface area (TPSA) is 9.23 Å². The van der Waals surface area contributed by atoms with Crippen LogP contribution in [0.15, 0.2) is 12.3 Å². The summed E-state index contributed by atoms with van der Waals surface area (Å²) in [5.41, 5.74) is 0.367. The van der Waals surface area contributed by atoms with Crippen LogP contribution in [0.5, 0.6) is 0 Å². The van der Waals surface area contributed by atoms with Gasteiger partial charge in [0.1, 0.15) is 0 Å². The highest BCUT2D eigenvalue weighted by molar-refractivity contribution is 5.10. The first-order valence-electron chi connectivity index (χ1n) is 5.48. The first-order chi connectivity index (χ1) is 6.12. The lowest BCUT2D eigenvalue weighted by Crippen LogP contribution is -2.30. The summed E-state index contributed by atoms with van der Waals surface area (Å²) < 4.78 is 5.78. The normalized spacial score (nSPS) is 45.2. The monoisotopic (exact) mass is 180 g/mol. The molecule has 13 heavy (non-hydrogen) atoms. The third kappa shape index (κ3) is 1.49. The standard InChI is InChI=1S/C12H20O/c1-9-4-6-12(8-9)7-5-10(2)13-11(12)3/h9-10H,3-8H2,1-2H3. The fraction of sp³-hybridized carbons (Fsp3) is 0.833. The molecule has 0 aromatic rings. The quantitative estimate of drug-likeness (QED) is 0.554. The molecule has 2 fully saturated rings. The van der Waals surface area contributed by atoms with E-state index in [0.29, 0.717) is 11.5 Å². The largest absolute Gasteiger partial charge is 0.495 e. The Bertz CT molecular complexity index is 221. The van der Waals surface area contributed by atoms with E-state index in [-0.39, 0.29) is 0 Å². The van der Waals surface area contributed by atoms with Crippen molar-refractivity contribution in [1.29, 1.82) is 0 Å². The summed E-state index contributed by atoms with van der Waals surface area (Å²) in [6, 6.07) is 0. The number of ether oxygens (including phenoxy) is 1. The molecule has 1 nitrogen and oxygen atoms in total. The molecule has 74 valence electrons. The number of hydrogen-bond acceptors (Lipinski definition) is 1. The van der Waals surface area contributed by atoms with E-state index in [0.717, 1.165) is 11.7 Å². The number of allylic oxidation sites excluding steroid dienone is 1. The second kappa shape index (κ2) is 3.04. The summed E-state index contributed by atoms with van der Waals surface area (Å²) in [5.74, 6) is 1.95. The smallest absolute Gasteiger partial charge is 0.0954 e. The molecule has 0 aromatic carbocycles. The zero-order valence-corrected chi connectivity index (χ0v) is 8.81. The van der Waals surface area contributed by atoms with Crippen LogP contribution < -0.4 is 0 Å². The molecule has 2 rings (SSSR count). The summed E-state index contributed by atoms with van der Waals surface area (Å²) in [4.78, 5) is 0. The fourth-order valence-electron chi connectivity index (χ4n) is 2.92. The van der Waals surface area contributed by atoms with Gasteiger partial charge in [0, 0.05) is 5.41 Å². The molecule has 2 aliphatic rings. The van der Waals surface area contributed by atoms with Crippen molar-refractivity contribution in [2.75, 3.05) is 0 Å². The van der Waals surface area contributed by atoms with E-state index in [2.05, 4.69) is 20.4 Å². The lowest BCUT2D eigenvalue weighted by Gasteiger charge is -2.38. The average Bonchev–Trinajstić information content (AvgIpc) is 2.43. The predicted molar refractivity (Wildman–Crippen MR) is 54.4 cm³/mol. The molecule has 3 unspecified atom stereocenters. The minimum atomic E-state index is 0.367. The molecule has 1 saturated carbocycles. The van der Waals surface area contributed by atoms with Crippen LogP contribution in [0.3, 0.4) is 0 Å². The van der Waals surface area contributed by atoms with Crippen LogP contribution >= 0.6 is 0 Å². The highest BCUT2D eigenvalue weighted by Gasteiger charge is 2.43. The molecule has 0 bridgehead atoms. The zero-order chi connectivity index (χ0) is 9.47. The molecule has 1 saturated heterocycles. The molecule has 3 atom stereocenters. The van der Waals surface area contributed by atoms with Crippen LogP contribution in [0.4, 0.5) is 0 Å². The molecule has 1 heterocycles. The fourth-order valence-corrected chi connectivity index (χ4v) is 2.92. The van der Waals surface area contributed by atoms with Gasteiger partial charge in [0.2, 0.25) is 0 Å². The van der Waals surface area contributed by atoms with Crippen molar-refractivity contribution in [3.05, 3.63) is 12.3 Å².